The van der Waals surface area contributed by atoms with Crippen LogP contribution in [0.2, 0.25) is 0 Å². The van der Waals surface area contributed by atoms with E-state index in [2.05, 4.69) is 19.9 Å². The zero-order valence-corrected chi connectivity index (χ0v) is 21.4. The van der Waals surface area contributed by atoms with Gasteiger partial charge in [-0.3, -0.25) is 0 Å². The molecule has 0 atom stereocenters. The first kappa shape index (κ1) is 27.3. The maximum atomic E-state index is 11.9. The molecule has 208 valence electrons. The molecule has 0 unspecified atom stereocenters. The molecule has 2 aromatic heterocycles. The lowest BCUT2D eigenvalue weighted by Crippen LogP contribution is -2.07. The summed E-state index contributed by atoms with van der Waals surface area (Å²) in [7, 11) is 0. The predicted molar refractivity (Wildman–Crippen MR) is 153 cm³/mol. The summed E-state index contributed by atoms with van der Waals surface area (Å²) in [5.74, 6) is -5.13. The maximum Gasteiger partial charge on any atom is 0.336 e. The van der Waals surface area contributed by atoms with Crippen molar-refractivity contribution in [2.24, 2.45) is 0 Å². The first-order valence-corrected chi connectivity index (χ1v) is 12.2. The minimum Gasteiger partial charge on any atom is -0.478 e. The summed E-state index contributed by atoms with van der Waals surface area (Å²) < 4.78 is 0. The summed E-state index contributed by atoms with van der Waals surface area (Å²) in [5, 5.41) is 41.7. The molecule has 0 spiro atoms. The van der Waals surface area contributed by atoms with Crippen LogP contribution in [0.1, 0.15) is 41.4 Å². The molecule has 0 amide bonds. The highest BCUT2D eigenvalue weighted by Gasteiger charge is 2.25. The Morgan fingerprint density at radius 3 is 0.905 bits per heavy atom. The van der Waals surface area contributed by atoms with Gasteiger partial charge in [-0.2, -0.15) is 0 Å². The highest BCUT2D eigenvalue weighted by Crippen LogP contribution is 2.44. The SMILES string of the molecule is O=C(O)c1ccc2c3ccc(C(=O)O)c4c(C(=O)O)ccc(c5ccc(C(=O)O)c1c25)c43.c1c[nH]cn1.c1c[nH]cn1. The molecule has 0 saturated carbocycles. The van der Waals surface area contributed by atoms with Crippen LogP contribution in [0.15, 0.2) is 86.0 Å². The molecule has 0 radical (unpaired) electrons. The van der Waals surface area contributed by atoms with E-state index in [-0.39, 0.29) is 33.0 Å². The third-order valence-corrected chi connectivity index (χ3v) is 6.64. The van der Waals surface area contributed by atoms with Gasteiger partial charge in [-0.15, -0.1) is 0 Å². The number of nitrogens with zero attached hydrogens (tertiary/aromatic N) is 2. The minimum absolute atomic E-state index is 0.0587. The van der Waals surface area contributed by atoms with Crippen molar-refractivity contribution in [3.63, 3.8) is 0 Å². The second-order valence-corrected chi connectivity index (χ2v) is 8.88. The van der Waals surface area contributed by atoms with Gasteiger partial charge in [0.05, 0.1) is 34.9 Å². The summed E-state index contributed by atoms with van der Waals surface area (Å²) in [4.78, 5) is 60.3. The minimum atomic E-state index is -1.28. The fourth-order valence-electron chi connectivity index (χ4n) is 5.03. The number of hydrogen-bond acceptors (Lipinski definition) is 6. The highest BCUT2D eigenvalue weighted by atomic mass is 16.4. The molecule has 0 fully saturated rings. The Labute approximate surface area is 234 Å². The van der Waals surface area contributed by atoms with Crippen molar-refractivity contribution >= 4 is 67.0 Å². The molecular formula is C30H20N4O8. The van der Waals surface area contributed by atoms with Crippen LogP contribution >= 0.6 is 0 Å². The Hall–Kier alpha value is -6.30. The third kappa shape index (κ3) is 4.69. The van der Waals surface area contributed by atoms with Crippen molar-refractivity contribution in [3.8, 4) is 0 Å². The van der Waals surface area contributed by atoms with Crippen LogP contribution < -0.4 is 0 Å². The van der Waals surface area contributed by atoms with Crippen molar-refractivity contribution in [1.29, 1.82) is 0 Å². The van der Waals surface area contributed by atoms with Crippen molar-refractivity contribution in [1.82, 2.24) is 19.9 Å². The van der Waals surface area contributed by atoms with Gasteiger partial charge in [-0.1, -0.05) is 24.3 Å². The van der Waals surface area contributed by atoms with E-state index in [9.17, 15) is 39.6 Å². The summed E-state index contributed by atoms with van der Waals surface area (Å²) in [6.07, 6.45) is 10.2. The van der Waals surface area contributed by atoms with Crippen molar-refractivity contribution in [2.45, 2.75) is 0 Å². The largest absolute Gasteiger partial charge is 0.478 e. The molecule has 0 aliphatic carbocycles. The monoisotopic (exact) mass is 564 g/mol. The van der Waals surface area contributed by atoms with Crippen LogP contribution in [0.5, 0.6) is 0 Å². The van der Waals surface area contributed by atoms with Gasteiger partial charge < -0.3 is 30.4 Å². The molecule has 7 aromatic rings. The average Bonchev–Trinajstić information content (AvgIpc) is 3.74. The van der Waals surface area contributed by atoms with Gasteiger partial charge in [-0.25, -0.2) is 29.1 Å². The number of imidazole rings is 2. The number of benzene rings is 5. The lowest BCUT2D eigenvalue weighted by Gasteiger charge is -2.18. The zero-order chi connectivity index (χ0) is 30.0. The quantitative estimate of drug-likeness (QED) is 0.119. The van der Waals surface area contributed by atoms with Gasteiger partial charge in [0.25, 0.3) is 0 Å². The van der Waals surface area contributed by atoms with Gasteiger partial charge >= 0.3 is 23.9 Å². The van der Waals surface area contributed by atoms with E-state index in [4.69, 9.17) is 0 Å². The second-order valence-electron chi connectivity index (χ2n) is 8.88. The molecule has 12 nitrogen and oxygen atoms in total. The number of aromatic carboxylic acids is 4. The topological polar surface area (TPSA) is 207 Å². The lowest BCUT2D eigenvalue weighted by molar-refractivity contribution is 0.0681. The fraction of sp³-hybridized carbons (Fsp3) is 0. The zero-order valence-electron chi connectivity index (χ0n) is 21.4. The van der Waals surface area contributed by atoms with Crippen LogP contribution in [-0.4, -0.2) is 64.2 Å². The number of nitrogens with one attached hydrogen (secondary N) is 2. The number of H-pyrrole nitrogens is 2. The Bertz CT molecular complexity index is 1800. The summed E-state index contributed by atoms with van der Waals surface area (Å²) >= 11 is 0. The highest BCUT2D eigenvalue weighted by molar-refractivity contribution is 6.38. The Balaban J connectivity index is 0.000000297. The smallest absolute Gasteiger partial charge is 0.336 e. The van der Waals surface area contributed by atoms with Crippen LogP contribution in [-0.2, 0) is 0 Å². The van der Waals surface area contributed by atoms with E-state index in [0.717, 1.165) is 0 Å². The number of carboxylic acid groups (broad SMARTS) is 4. The Morgan fingerprint density at radius 2 is 0.738 bits per heavy atom. The third-order valence-electron chi connectivity index (χ3n) is 6.64. The van der Waals surface area contributed by atoms with E-state index >= 15 is 0 Å². The Kier molecular flexibility index (Phi) is 7.18. The normalized spacial score (nSPS) is 10.7. The average molecular weight is 565 g/mol. The number of rotatable bonds is 4. The van der Waals surface area contributed by atoms with Crippen LogP contribution in [0.25, 0.3) is 43.1 Å². The molecule has 12 heteroatoms. The maximum absolute atomic E-state index is 11.9. The standard InChI is InChI=1S/C24H12O8.2C3H4N2/c25-21(26)13-5-1-9-10-2-6-15(23(29)30)20-16(24(31)32)8-4-12(18(10)20)11-3-7-14(22(27)28)19(13)17(9)11;2*1-2-5-3-4-1/h1-8H,(H,25,26)(H,27,28)(H,29,30)(H,31,32);2*1-3H,(H,4,5). The lowest BCUT2D eigenvalue weighted by atomic mass is 9.84. The Morgan fingerprint density at radius 1 is 0.452 bits per heavy atom. The van der Waals surface area contributed by atoms with Crippen LogP contribution in [0.4, 0.5) is 0 Å². The second kappa shape index (κ2) is 11.1. The first-order chi connectivity index (χ1) is 20.2. The number of aromatic amines is 2. The van der Waals surface area contributed by atoms with E-state index < -0.39 is 23.9 Å². The molecule has 0 bridgehead atoms. The fourth-order valence-corrected chi connectivity index (χ4v) is 5.03. The molecule has 6 N–H and O–H groups in total. The first-order valence-electron chi connectivity index (χ1n) is 12.2. The van der Waals surface area contributed by atoms with E-state index in [1.54, 1.807) is 37.4 Å². The number of hydrogen-bond donors (Lipinski definition) is 6. The summed E-state index contributed by atoms with van der Waals surface area (Å²) in [6, 6.07) is 11.4. The summed E-state index contributed by atoms with van der Waals surface area (Å²) in [6.45, 7) is 0. The van der Waals surface area contributed by atoms with Gasteiger partial charge in [0.15, 0.2) is 0 Å². The molecule has 42 heavy (non-hydrogen) atoms. The molecule has 0 aliphatic heterocycles. The van der Waals surface area contributed by atoms with Gasteiger partial charge in [0, 0.05) is 35.6 Å². The molecule has 2 heterocycles. The summed E-state index contributed by atoms with van der Waals surface area (Å²) in [5.41, 5.74) is -0.696. The van der Waals surface area contributed by atoms with Gasteiger partial charge in [-0.05, 0) is 56.6 Å². The number of aromatic nitrogens is 4. The van der Waals surface area contributed by atoms with Crippen molar-refractivity contribution < 1.29 is 39.6 Å². The van der Waals surface area contributed by atoms with E-state index in [1.807, 2.05) is 0 Å². The van der Waals surface area contributed by atoms with Gasteiger partial charge in [0.1, 0.15) is 0 Å². The van der Waals surface area contributed by atoms with Crippen molar-refractivity contribution in [2.75, 3.05) is 0 Å². The number of carboxylic acids is 4. The molecule has 7 rings (SSSR count). The molecule has 0 aliphatic rings. The molecular weight excluding hydrogens is 544 g/mol. The number of carbonyl (C=O) groups is 4. The number of fused-ring (bicyclic) bond motifs is 2. The van der Waals surface area contributed by atoms with Gasteiger partial charge in [0.2, 0.25) is 0 Å². The predicted octanol–water partition coefficient (Wildman–Crippen LogP) is 5.35. The van der Waals surface area contributed by atoms with Crippen molar-refractivity contribution in [3.05, 3.63) is 108 Å². The van der Waals surface area contributed by atoms with E-state index in [1.165, 1.54) is 48.5 Å². The van der Waals surface area contributed by atoms with Crippen LogP contribution in [0.3, 0.4) is 0 Å². The molecule has 5 aromatic carbocycles. The van der Waals surface area contributed by atoms with E-state index in [0.29, 0.717) is 32.3 Å². The molecule has 0 saturated heterocycles. The van der Waals surface area contributed by atoms with Crippen LogP contribution in [0, 0.1) is 0 Å².